The number of nitrogens with one attached hydrogen (secondary N) is 3. The minimum absolute atomic E-state index is 0.0264. The fraction of sp³-hybridized carbons (Fsp3) is 0.409. The number of fused-ring (bicyclic) bond motifs is 5. The number of amides is 3. The average Bonchev–Trinajstić information content (AvgIpc) is 3.72. The molecule has 0 saturated heterocycles. The summed E-state index contributed by atoms with van der Waals surface area (Å²) >= 11 is 0. The van der Waals surface area contributed by atoms with Gasteiger partial charge in [-0.15, -0.1) is 0 Å². The number of carbonyl (C=O) groups excluding carboxylic acids is 3. The van der Waals surface area contributed by atoms with Gasteiger partial charge in [0.25, 0.3) is 11.8 Å². The molecule has 1 unspecified atom stereocenters. The molecule has 7 rings (SSSR count). The van der Waals surface area contributed by atoms with Crippen LogP contribution in [0.4, 0.5) is 0 Å². The molecule has 0 bridgehead atoms. The van der Waals surface area contributed by atoms with Crippen molar-refractivity contribution in [2.75, 3.05) is 20.2 Å². The number of benzene rings is 2. The molecule has 4 aromatic rings. The van der Waals surface area contributed by atoms with Gasteiger partial charge >= 0.3 is 0 Å². The summed E-state index contributed by atoms with van der Waals surface area (Å²) in [5.41, 5.74) is 8.07. The topological polar surface area (TPSA) is 174 Å². The predicted molar refractivity (Wildman–Crippen MR) is 225 cm³/mol. The number of sulfonamides is 1. The highest BCUT2D eigenvalue weighted by molar-refractivity contribution is 7.90. The van der Waals surface area contributed by atoms with Crippen molar-refractivity contribution in [3.8, 4) is 17.0 Å². The number of ether oxygens (including phenoxy) is 1. The largest absolute Gasteiger partial charge is 0.497 e. The van der Waals surface area contributed by atoms with Crippen LogP contribution in [0.1, 0.15) is 116 Å². The fourth-order valence-electron chi connectivity index (χ4n) is 8.32. The van der Waals surface area contributed by atoms with E-state index in [1.807, 2.05) is 44.2 Å². The summed E-state index contributed by atoms with van der Waals surface area (Å²) in [7, 11) is -2.28. The number of aliphatic hydroxyl groups excluding tert-OH is 1. The van der Waals surface area contributed by atoms with E-state index in [0.29, 0.717) is 23.6 Å². The molecule has 13 nitrogen and oxygen atoms in total. The summed E-state index contributed by atoms with van der Waals surface area (Å²) in [6.07, 6.45) is 11.7. The van der Waals surface area contributed by atoms with E-state index in [4.69, 9.17) is 9.84 Å². The second-order valence-corrected chi connectivity index (χ2v) is 18.3. The SMILES string of the molecule is COc1ccc2c(c1)C=C(c1c(C(=O)NC[C@@H](C)O)cnn1C1/C=C(\C)CNC(=O)C=C1C)Cn1c-2c(C2CCCCC2)c2ccc(C(=O)NS(=O)(=O)C(C)C)cc21. The first-order valence-electron chi connectivity index (χ1n) is 19.9. The molecule has 58 heavy (non-hydrogen) atoms. The van der Waals surface area contributed by atoms with E-state index < -0.39 is 39.2 Å². The van der Waals surface area contributed by atoms with E-state index in [2.05, 4.69) is 26.0 Å². The zero-order chi connectivity index (χ0) is 41.5. The van der Waals surface area contributed by atoms with E-state index in [1.165, 1.54) is 25.6 Å². The Morgan fingerprint density at radius 3 is 2.48 bits per heavy atom. The third kappa shape index (κ3) is 7.99. The molecule has 14 heteroatoms. The summed E-state index contributed by atoms with van der Waals surface area (Å²) < 4.78 is 37.6. The van der Waals surface area contributed by atoms with Crippen molar-refractivity contribution in [1.82, 2.24) is 29.7 Å². The maximum absolute atomic E-state index is 14.1. The van der Waals surface area contributed by atoms with Crippen molar-refractivity contribution >= 4 is 50.3 Å². The fourth-order valence-corrected chi connectivity index (χ4v) is 8.93. The molecule has 0 radical (unpaired) electrons. The Morgan fingerprint density at radius 1 is 1.02 bits per heavy atom. The van der Waals surface area contributed by atoms with Crippen LogP contribution in [0.2, 0.25) is 0 Å². The van der Waals surface area contributed by atoms with Crippen molar-refractivity contribution in [2.24, 2.45) is 0 Å². The number of hydrogen-bond acceptors (Lipinski definition) is 8. The molecule has 3 aliphatic rings. The zero-order valence-corrected chi connectivity index (χ0v) is 34.7. The summed E-state index contributed by atoms with van der Waals surface area (Å²) in [5, 5.41) is 20.9. The van der Waals surface area contributed by atoms with Crippen LogP contribution >= 0.6 is 0 Å². The van der Waals surface area contributed by atoms with E-state index in [-0.39, 0.29) is 36.0 Å². The van der Waals surface area contributed by atoms with Crippen LogP contribution in [0.3, 0.4) is 0 Å². The molecule has 0 spiro atoms. The maximum Gasteiger partial charge on any atom is 0.264 e. The zero-order valence-electron chi connectivity index (χ0n) is 33.9. The molecule has 3 amide bonds. The molecule has 1 saturated carbocycles. The number of aliphatic hydroxyl groups is 1. The molecule has 4 heterocycles. The van der Waals surface area contributed by atoms with E-state index in [9.17, 15) is 27.9 Å². The molecule has 4 N–H and O–H groups in total. The molecule has 2 aliphatic heterocycles. The smallest absolute Gasteiger partial charge is 0.264 e. The van der Waals surface area contributed by atoms with Gasteiger partial charge < -0.3 is 25.0 Å². The van der Waals surface area contributed by atoms with Crippen molar-refractivity contribution < 1.29 is 32.6 Å². The second kappa shape index (κ2) is 16.4. The lowest BCUT2D eigenvalue weighted by atomic mass is 9.81. The minimum Gasteiger partial charge on any atom is -0.497 e. The number of methoxy groups -OCH3 is 1. The Balaban J connectivity index is 1.51. The number of carbonyl (C=O) groups is 3. The standard InChI is InChI=1S/C44H52N6O7S/c1-25(2)58(55,56)48-43(53)30-12-14-35-38(20-30)49-24-32(18-31-19-33(57-6)13-15-34(31)42(49)40(35)29-10-8-7-9-11-29)41-36(44(54)46-22-28(5)51)23-47-50(41)37-16-26(3)21-45-39(52)17-27(37)4/h12-20,23,25,28-29,37,51H,7-11,21-22,24H2,1-6H3,(H,45,52)(H,46,54)(H,48,53)/b26-16+,27-17?/t28-,37?/m1/s1. The Labute approximate surface area is 339 Å². The van der Waals surface area contributed by atoms with Crippen LogP contribution in [0, 0.1) is 0 Å². The highest BCUT2D eigenvalue weighted by Crippen LogP contribution is 2.48. The van der Waals surface area contributed by atoms with Gasteiger partial charge in [0.2, 0.25) is 15.9 Å². The van der Waals surface area contributed by atoms with Gasteiger partial charge in [-0.1, -0.05) is 37.0 Å². The van der Waals surface area contributed by atoms with Gasteiger partial charge in [-0.3, -0.25) is 19.1 Å². The molecular weight excluding hydrogens is 757 g/mol. The lowest BCUT2D eigenvalue weighted by molar-refractivity contribution is -0.116. The van der Waals surface area contributed by atoms with Crippen LogP contribution in [0.25, 0.3) is 33.8 Å². The van der Waals surface area contributed by atoms with E-state index >= 15 is 0 Å². The Kier molecular flexibility index (Phi) is 11.5. The van der Waals surface area contributed by atoms with Gasteiger partial charge in [-0.25, -0.2) is 13.1 Å². The van der Waals surface area contributed by atoms with Crippen molar-refractivity contribution in [3.05, 3.63) is 93.8 Å². The molecular formula is C44H52N6O7S. The summed E-state index contributed by atoms with van der Waals surface area (Å²) in [4.78, 5) is 40.5. The van der Waals surface area contributed by atoms with Crippen LogP contribution in [-0.2, 0) is 21.4 Å². The number of hydrogen-bond donors (Lipinski definition) is 4. The first-order valence-corrected chi connectivity index (χ1v) is 21.5. The van der Waals surface area contributed by atoms with E-state index in [1.54, 1.807) is 36.9 Å². The van der Waals surface area contributed by atoms with Gasteiger partial charge in [0.1, 0.15) is 5.75 Å². The summed E-state index contributed by atoms with van der Waals surface area (Å²) in [6, 6.07) is 10.8. The van der Waals surface area contributed by atoms with Crippen LogP contribution in [0.5, 0.6) is 5.75 Å². The lowest BCUT2D eigenvalue weighted by Crippen LogP contribution is -2.35. The van der Waals surface area contributed by atoms with Crippen LogP contribution in [0.15, 0.2) is 65.9 Å². The predicted octanol–water partition coefficient (Wildman–Crippen LogP) is 6.26. The third-order valence-corrected chi connectivity index (χ3v) is 13.1. The number of allylic oxidation sites excluding steroid dienone is 3. The third-order valence-electron chi connectivity index (χ3n) is 11.4. The van der Waals surface area contributed by atoms with Crippen molar-refractivity contribution in [3.63, 3.8) is 0 Å². The Bertz CT molecular complexity index is 2500. The maximum atomic E-state index is 14.1. The second-order valence-electron chi connectivity index (χ2n) is 16.0. The first-order chi connectivity index (χ1) is 27.7. The Hall–Kier alpha value is -5.47. The number of aromatic nitrogens is 3. The molecule has 2 aromatic carbocycles. The van der Waals surface area contributed by atoms with E-state index in [0.717, 1.165) is 71.0 Å². The monoisotopic (exact) mass is 808 g/mol. The number of rotatable bonds is 10. The summed E-state index contributed by atoms with van der Waals surface area (Å²) in [5.74, 6) is -0.481. The minimum atomic E-state index is -3.90. The molecule has 2 aromatic heterocycles. The number of nitrogens with zero attached hydrogens (tertiary/aromatic N) is 3. The highest BCUT2D eigenvalue weighted by Gasteiger charge is 2.33. The molecule has 1 aliphatic carbocycles. The highest BCUT2D eigenvalue weighted by atomic mass is 32.2. The molecule has 1 fully saturated rings. The summed E-state index contributed by atoms with van der Waals surface area (Å²) in [6.45, 7) is 9.05. The van der Waals surface area contributed by atoms with Crippen molar-refractivity contribution in [1.29, 1.82) is 0 Å². The normalized spacial score (nSPS) is 19.0. The van der Waals surface area contributed by atoms with Crippen LogP contribution < -0.4 is 20.1 Å². The average molecular weight is 809 g/mol. The van der Waals surface area contributed by atoms with Crippen LogP contribution in [-0.4, -0.2) is 77.1 Å². The van der Waals surface area contributed by atoms with Gasteiger partial charge in [0, 0.05) is 41.2 Å². The van der Waals surface area contributed by atoms with Crippen molar-refractivity contribution in [2.45, 2.75) is 96.6 Å². The molecule has 306 valence electrons. The van der Waals surface area contributed by atoms with Gasteiger partial charge in [-0.05, 0) is 112 Å². The van der Waals surface area contributed by atoms with Gasteiger partial charge in [0.05, 0.1) is 54.2 Å². The Morgan fingerprint density at radius 2 is 1.78 bits per heavy atom. The molecule has 2 atom stereocenters. The lowest BCUT2D eigenvalue weighted by Gasteiger charge is -2.24. The first kappa shape index (κ1) is 40.7. The quantitative estimate of drug-likeness (QED) is 0.136. The van der Waals surface area contributed by atoms with Gasteiger partial charge in [-0.2, -0.15) is 5.10 Å². The van der Waals surface area contributed by atoms with Gasteiger partial charge in [0.15, 0.2) is 0 Å².